The van der Waals surface area contributed by atoms with Gasteiger partial charge in [-0.15, -0.1) is 0 Å². The molecule has 0 radical (unpaired) electrons. The van der Waals surface area contributed by atoms with Gasteiger partial charge in [0.1, 0.15) is 23.7 Å². The maximum Gasteiger partial charge on any atom is 0.249 e. The summed E-state index contributed by atoms with van der Waals surface area (Å²) in [6.07, 6.45) is 0.553. The van der Waals surface area contributed by atoms with Crippen LogP contribution in [-0.4, -0.2) is 51.1 Å². The number of ether oxygens (including phenoxy) is 1. The number of rotatable bonds is 5. The largest absolute Gasteiger partial charge is 0.495 e. The lowest BCUT2D eigenvalue weighted by Gasteiger charge is -2.37. The predicted molar refractivity (Wildman–Crippen MR) is 123 cm³/mol. The van der Waals surface area contributed by atoms with Crippen LogP contribution in [0.15, 0.2) is 30.3 Å². The van der Waals surface area contributed by atoms with Crippen molar-refractivity contribution in [3.05, 3.63) is 46.7 Å². The Hall–Kier alpha value is -3.51. The van der Waals surface area contributed by atoms with E-state index in [1.165, 1.54) is 13.2 Å². The third-order valence-corrected chi connectivity index (χ3v) is 6.22. The van der Waals surface area contributed by atoms with Gasteiger partial charge in [-0.05, 0) is 24.6 Å². The molecular weight excluding hydrogens is 449 g/mol. The van der Waals surface area contributed by atoms with Crippen molar-refractivity contribution in [3.8, 4) is 11.8 Å². The topological polar surface area (TPSA) is 97.7 Å². The number of benzene rings is 2. The first kappa shape index (κ1) is 22.7. The smallest absolute Gasteiger partial charge is 0.249 e. The van der Waals surface area contributed by atoms with Gasteiger partial charge in [-0.3, -0.25) is 14.9 Å². The summed E-state index contributed by atoms with van der Waals surface area (Å²) in [7, 11) is 1.48. The molecule has 172 valence electrons. The second kappa shape index (κ2) is 9.55. The molecule has 2 amide bonds. The molecule has 0 bridgehead atoms. The van der Waals surface area contributed by atoms with E-state index in [1.54, 1.807) is 18.2 Å². The molecule has 4 rings (SSSR count). The van der Waals surface area contributed by atoms with E-state index >= 15 is 4.39 Å². The molecule has 33 heavy (non-hydrogen) atoms. The Morgan fingerprint density at radius 1 is 1.18 bits per heavy atom. The lowest BCUT2D eigenvalue weighted by molar-refractivity contribution is -0.133. The number of hydrogen-bond donors (Lipinski definition) is 2. The summed E-state index contributed by atoms with van der Waals surface area (Å²) >= 11 is 6.03. The summed E-state index contributed by atoms with van der Waals surface area (Å²) in [5.74, 6) is -0.768. The van der Waals surface area contributed by atoms with E-state index < -0.39 is 17.8 Å². The van der Waals surface area contributed by atoms with Crippen LogP contribution in [0.3, 0.4) is 0 Å². The van der Waals surface area contributed by atoms with Crippen LogP contribution in [-0.2, 0) is 9.59 Å². The van der Waals surface area contributed by atoms with Crippen LogP contribution in [0.5, 0.6) is 5.75 Å². The minimum Gasteiger partial charge on any atom is -0.495 e. The molecule has 2 N–H and O–H groups in total. The number of piperazine rings is 1. The predicted octanol–water partition coefficient (Wildman–Crippen LogP) is 2.90. The molecule has 2 aromatic carbocycles. The van der Waals surface area contributed by atoms with Gasteiger partial charge in [0.2, 0.25) is 11.8 Å². The minimum atomic E-state index is -0.636. The maximum atomic E-state index is 15.1. The number of hydrogen-bond acceptors (Lipinski definition) is 7. The first-order valence-corrected chi connectivity index (χ1v) is 10.9. The monoisotopic (exact) mass is 471 g/mol. The highest BCUT2D eigenvalue weighted by molar-refractivity contribution is 6.31. The number of nitrogens with one attached hydrogen (secondary N) is 2. The summed E-state index contributed by atoms with van der Waals surface area (Å²) in [6.45, 7) is 2.43. The molecule has 1 atom stereocenters. The fourth-order valence-electron chi connectivity index (χ4n) is 4.09. The molecule has 1 unspecified atom stereocenters. The Morgan fingerprint density at radius 2 is 1.91 bits per heavy atom. The van der Waals surface area contributed by atoms with Gasteiger partial charge in [0.15, 0.2) is 0 Å². The van der Waals surface area contributed by atoms with Gasteiger partial charge < -0.3 is 19.9 Å². The molecule has 0 saturated carbocycles. The number of methoxy groups -OCH3 is 1. The first-order chi connectivity index (χ1) is 15.9. The van der Waals surface area contributed by atoms with Crippen LogP contribution in [0.4, 0.5) is 21.5 Å². The van der Waals surface area contributed by atoms with Crippen LogP contribution < -0.4 is 25.2 Å². The number of nitriles is 1. The number of imide groups is 1. The van der Waals surface area contributed by atoms with Gasteiger partial charge in [0.05, 0.1) is 29.1 Å². The Morgan fingerprint density at radius 3 is 2.58 bits per heavy atom. The van der Waals surface area contributed by atoms with Gasteiger partial charge in [0.25, 0.3) is 0 Å². The fraction of sp³-hybridized carbons (Fsp3) is 0.348. The van der Waals surface area contributed by atoms with E-state index in [0.717, 1.165) is 5.69 Å². The third-order valence-electron chi connectivity index (χ3n) is 5.89. The van der Waals surface area contributed by atoms with Crippen LogP contribution in [0.25, 0.3) is 0 Å². The highest BCUT2D eigenvalue weighted by Crippen LogP contribution is 2.34. The Labute approximate surface area is 195 Å². The van der Waals surface area contributed by atoms with E-state index in [0.29, 0.717) is 60.3 Å². The molecule has 2 aromatic rings. The summed E-state index contributed by atoms with van der Waals surface area (Å²) in [4.78, 5) is 27.5. The number of carbonyl (C=O) groups excluding carboxylic acids is 2. The lowest BCUT2D eigenvalue weighted by atomic mass is 10.1. The van der Waals surface area contributed by atoms with E-state index in [-0.39, 0.29) is 12.3 Å². The lowest BCUT2D eigenvalue weighted by Crippen LogP contribution is -2.47. The van der Waals surface area contributed by atoms with Crippen molar-refractivity contribution in [1.29, 1.82) is 5.26 Å². The number of amides is 2. The number of anilines is 3. The molecule has 2 fully saturated rings. The van der Waals surface area contributed by atoms with Crippen molar-refractivity contribution < 1.29 is 18.7 Å². The number of nitrogens with zero attached hydrogens (tertiary/aromatic N) is 3. The highest BCUT2D eigenvalue weighted by Gasteiger charge is 2.28. The third kappa shape index (κ3) is 4.81. The first-order valence-electron chi connectivity index (χ1n) is 10.6. The number of carbonyl (C=O) groups is 2. The van der Waals surface area contributed by atoms with E-state index in [9.17, 15) is 14.9 Å². The van der Waals surface area contributed by atoms with Crippen LogP contribution >= 0.6 is 11.6 Å². The summed E-state index contributed by atoms with van der Waals surface area (Å²) in [5.41, 5.74) is 2.09. The zero-order chi connectivity index (χ0) is 23.5. The van der Waals surface area contributed by atoms with Gasteiger partial charge >= 0.3 is 0 Å². The standard InChI is InChI=1S/C23H23ClFN5O3/c1-33-21-12-20(17(25)11-19(21)27-18-4-5-22(31)28-23(18)32)30-8-6-29(7-9-30)15-2-3-16(24)14(10-15)13-26/h2-3,10-12,18,27H,4-9H2,1H3,(H,28,31,32). The van der Waals surface area contributed by atoms with Gasteiger partial charge in [-0.1, -0.05) is 11.6 Å². The van der Waals surface area contributed by atoms with E-state index in [2.05, 4.69) is 21.6 Å². The molecule has 2 aliphatic rings. The minimum absolute atomic E-state index is 0.222. The summed E-state index contributed by atoms with van der Waals surface area (Å²) in [5, 5.41) is 14.9. The van der Waals surface area contributed by atoms with Crippen LogP contribution in [0.1, 0.15) is 18.4 Å². The van der Waals surface area contributed by atoms with Gasteiger partial charge in [0, 0.05) is 50.4 Å². The van der Waals surface area contributed by atoms with Crippen molar-refractivity contribution in [1.82, 2.24) is 5.32 Å². The zero-order valence-corrected chi connectivity index (χ0v) is 18.8. The Bertz CT molecular complexity index is 1130. The average Bonchev–Trinajstić information content (AvgIpc) is 2.81. The molecule has 2 heterocycles. The van der Waals surface area contributed by atoms with Crippen LogP contribution in [0, 0.1) is 17.1 Å². The molecular formula is C23H23ClFN5O3. The van der Waals surface area contributed by atoms with Gasteiger partial charge in [-0.2, -0.15) is 5.26 Å². The summed E-state index contributed by atoms with van der Waals surface area (Å²) < 4.78 is 20.5. The van der Waals surface area contributed by atoms with E-state index in [1.807, 2.05) is 11.0 Å². The van der Waals surface area contributed by atoms with Crippen molar-refractivity contribution in [2.24, 2.45) is 0 Å². The van der Waals surface area contributed by atoms with Crippen molar-refractivity contribution >= 4 is 40.5 Å². The maximum absolute atomic E-state index is 15.1. The molecule has 10 heteroatoms. The molecule has 8 nitrogen and oxygen atoms in total. The molecule has 0 aliphatic carbocycles. The van der Waals surface area contributed by atoms with Gasteiger partial charge in [-0.25, -0.2) is 4.39 Å². The average molecular weight is 472 g/mol. The number of halogens is 2. The highest BCUT2D eigenvalue weighted by atomic mass is 35.5. The Balaban J connectivity index is 1.47. The number of piperidine rings is 1. The molecule has 2 saturated heterocycles. The second-order valence-electron chi connectivity index (χ2n) is 7.90. The van der Waals surface area contributed by atoms with Crippen LogP contribution in [0.2, 0.25) is 5.02 Å². The van der Waals surface area contributed by atoms with Crippen molar-refractivity contribution in [2.75, 3.05) is 48.4 Å². The molecule has 0 aromatic heterocycles. The normalized spacial score (nSPS) is 18.5. The SMILES string of the molecule is COc1cc(N2CCN(c3ccc(Cl)c(C#N)c3)CC2)c(F)cc1NC1CCC(=O)NC1=O. The van der Waals surface area contributed by atoms with Crippen molar-refractivity contribution in [3.63, 3.8) is 0 Å². The molecule has 2 aliphatic heterocycles. The molecule has 0 spiro atoms. The fourth-order valence-corrected chi connectivity index (χ4v) is 4.25. The quantitative estimate of drug-likeness (QED) is 0.647. The zero-order valence-electron chi connectivity index (χ0n) is 18.0. The van der Waals surface area contributed by atoms with E-state index in [4.69, 9.17) is 16.3 Å². The second-order valence-corrected chi connectivity index (χ2v) is 8.31. The van der Waals surface area contributed by atoms with Crippen molar-refractivity contribution in [2.45, 2.75) is 18.9 Å². The summed E-state index contributed by atoms with van der Waals surface area (Å²) in [6, 6.07) is 9.74. The Kier molecular flexibility index (Phi) is 6.56.